The van der Waals surface area contributed by atoms with Gasteiger partial charge in [0, 0.05) is 0 Å². The van der Waals surface area contributed by atoms with Gasteiger partial charge in [-0.05, 0) is 12.8 Å². The molecule has 0 aromatic carbocycles. The third-order valence-corrected chi connectivity index (χ3v) is 1.31. The Hall–Kier alpha value is -0.800. The van der Waals surface area contributed by atoms with Gasteiger partial charge in [0.15, 0.2) is 0 Å². The third kappa shape index (κ3) is 1.86. The van der Waals surface area contributed by atoms with Gasteiger partial charge in [0.25, 0.3) is 0 Å². The molecule has 1 rings (SSSR count). The Bertz CT molecular complexity index is 126. The molecule has 0 amide bonds. The Kier molecular flexibility index (Phi) is 2.48. The predicted octanol–water partition coefficient (Wildman–Crippen LogP) is 1.27. The second-order valence-electron chi connectivity index (χ2n) is 2.13. The van der Waals surface area contributed by atoms with Crippen LogP contribution in [0.3, 0.4) is 0 Å². The summed E-state index contributed by atoms with van der Waals surface area (Å²) in [5.41, 5.74) is 0. The van der Waals surface area contributed by atoms with E-state index in [-0.39, 0.29) is 19.4 Å². The zero-order valence-electron chi connectivity index (χ0n) is 5.51. The molecule has 1 fully saturated rings. The Labute approximate surface area is 58.1 Å². The molecule has 0 N–H and O–H groups in total. The molecular weight excluding hydrogens is 139 g/mol. The molecule has 10 heavy (non-hydrogen) atoms. The lowest BCUT2D eigenvalue weighted by Gasteiger charge is -2.01. The fourth-order valence-electron chi connectivity index (χ4n) is 0.812. The Morgan fingerprint density at radius 1 is 1.70 bits per heavy atom. The van der Waals surface area contributed by atoms with Gasteiger partial charge in [0.2, 0.25) is 0 Å². The van der Waals surface area contributed by atoms with Crippen LogP contribution in [-0.4, -0.2) is 25.5 Å². The molecular formula is C6H9FO3. The molecule has 1 unspecified atom stereocenters. The average Bonchev–Trinajstić information content (AvgIpc) is 2.31. The molecule has 0 spiro atoms. The van der Waals surface area contributed by atoms with Gasteiger partial charge >= 0.3 is 6.16 Å². The Morgan fingerprint density at radius 2 is 2.50 bits per heavy atom. The molecule has 1 atom stereocenters. The van der Waals surface area contributed by atoms with Crippen molar-refractivity contribution in [2.75, 3.05) is 13.3 Å². The Morgan fingerprint density at radius 3 is 3.00 bits per heavy atom. The molecule has 0 aromatic heterocycles. The summed E-state index contributed by atoms with van der Waals surface area (Å²) in [5, 5.41) is 0. The molecule has 1 saturated heterocycles. The predicted molar refractivity (Wildman–Crippen MR) is 31.4 cm³/mol. The Balaban J connectivity index is 2.12. The van der Waals surface area contributed by atoms with Gasteiger partial charge in [-0.3, -0.25) is 4.39 Å². The van der Waals surface area contributed by atoms with Crippen LogP contribution in [-0.2, 0) is 9.47 Å². The quantitative estimate of drug-likeness (QED) is 0.565. The maximum atomic E-state index is 11.6. The number of rotatable bonds is 3. The van der Waals surface area contributed by atoms with Gasteiger partial charge in [-0.15, -0.1) is 0 Å². The van der Waals surface area contributed by atoms with E-state index in [4.69, 9.17) is 0 Å². The standard InChI is InChI=1S/C6H9FO3/c7-3-1-2-5-4-9-6(8)10-5/h5H,1-4H2. The highest BCUT2D eigenvalue weighted by Crippen LogP contribution is 2.11. The first-order valence-corrected chi connectivity index (χ1v) is 3.22. The molecule has 0 radical (unpaired) electrons. The SMILES string of the molecule is O=C1OCC(CCCF)O1. The lowest BCUT2D eigenvalue weighted by molar-refractivity contribution is 0.115. The highest BCUT2D eigenvalue weighted by Gasteiger charge is 2.23. The second kappa shape index (κ2) is 3.39. The average molecular weight is 148 g/mol. The third-order valence-electron chi connectivity index (χ3n) is 1.31. The molecule has 4 heteroatoms. The van der Waals surface area contributed by atoms with Gasteiger partial charge < -0.3 is 9.47 Å². The zero-order chi connectivity index (χ0) is 7.40. The highest BCUT2D eigenvalue weighted by molar-refractivity contribution is 5.61. The van der Waals surface area contributed by atoms with E-state index in [1.54, 1.807) is 0 Å². The van der Waals surface area contributed by atoms with Gasteiger partial charge in [-0.1, -0.05) is 0 Å². The molecule has 0 saturated carbocycles. The summed E-state index contributed by atoms with van der Waals surface area (Å²) in [7, 11) is 0. The second-order valence-corrected chi connectivity index (χ2v) is 2.13. The number of alkyl halides is 1. The minimum Gasteiger partial charge on any atom is -0.430 e. The van der Waals surface area contributed by atoms with Crippen molar-refractivity contribution in [3.63, 3.8) is 0 Å². The molecule has 0 aliphatic carbocycles. The number of halogens is 1. The van der Waals surface area contributed by atoms with Crippen molar-refractivity contribution < 1.29 is 18.7 Å². The van der Waals surface area contributed by atoms with Gasteiger partial charge in [-0.25, -0.2) is 4.79 Å². The minimum atomic E-state index is -0.635. The van der Waals surface area contributed by atoms with E-state index in [0.717, 1.165) is 0 Å². The minimum absolute atomic E-state index is 0.219. The number of hydrogen-bond donors (Lipinski definition) is 0. The van der Waals surface area contributed by atoms with Gasteiger partial charge in [0.1, 0.15) is 12.7 Å². The summed E-state index contributed by atoms with van der Waals surface area (Å²) in [4.78, 5) is 10.3. The number of hydrogen-bond acceptors (Lipinski definition) is 3. The van der Waals surface area contributed by atoms with E-state index in [1.165, 1.54) is 0 Å². The van der Waals surface area contributed by atoms with Crippen LogP contribution in [0.4, 0.5) is 9.18 Å². The van der Waals surface area contributed by atoms with E-state index in [9.17, 15) is 9.18 Å². The molecule has 1 aliphatic heterocycles. The van der Waals surface area contributed by atoms with Crippen molar-refractivity contribution in [1.29, 1.82) is 0 Å². The summed E-state index contributed by atoms with van der Waals surface area (Å²) >= 11 is 0. The largest absolute Gasteiger partial charge is 0.508 e. The maximum Gasteiger partial charge on any atom is 0.508 e. The molecule has 1 aliphatic rings. The lowest BCUT2D eigenvalue weighted by Crippen LogP contribution is -2.09. The highest BCUT2D eigenvalue weighted by atomic mass is 19.1. The first-order valence-electron chi connectivity index (χ1n) is 3.22. The maximum absolute atomic E-state index is 11.6. The zero-order valence-corrected chi connectivity index (χ0v) is 5.51. The van der Waals surface area contributed by atoms with E-state index in [1.807, 2.05) is 0 Å². The van der Waals surface area contributed by atoms with Crippen LogP contribution in [0.25, 0.3) is 0 Å². The number of carbonyl (C=O) groups is 1. The molecule has 0 aromatic rings. The van der Waals surface area contributed by atoms with Crippen molar-refractivity contribution in [2.24, 2.45) is 0 Å². The topological polar surface area (TPSA) is 35.5 Å². The van der Waals surface area contributed by atoms with Crippen LogP contribution in [0.2, 0.25) is 0 Å². The summed E-state index contributed by atoms with van der Waals surface area (Å²) in [5.74, 6) is 0. The number of cyclic esters (lactones) is 2. The van der Waals surface area contributed by atoms with Crippen LogP contribution < -0.4 is 0 Å². The van der Waals surface area contributed by atoms with Crippen molar-refractivity contribution >= 4 is 6.16 Å². The van der Waals surface area contributed by atoms with Crippen LogP contribution in [0, 0.1) is 0 Å². The fourth-order valence-corrected chi connectivity index (χ4v) is 0.812. The summed E-state index contributed by atoms with van der Waals surface area (Å²) in [6, 6.07) is 0. The van der Waals surface area contributed by atoms with E-state index >= 15 is 0 Å². The summed E-state index contributed by atoms with van der Waals surface area (Å²) < 4.78 is 20.7. The number of carbonyl (C=O) groups excluding carboxylic acids is 1. The molecule has 3 nitrogen and oxygen atoms in total. The van der Waals surface area contributed by atoms with Gasteiger partial charge in [-0.2, -0.15) is 0 Å². The first-order chi connectivity index (χ1) is 4.83. The summed E-state index contributed by atoms with van der Waals surface area (Å²) in [6.07, 6.45) is 0.135. The summed E-state index contributed by atoms with van der Waals surface area (Å²) in [6.45, 7) is -0.0904. The molecule has 58 valence electrons. The van der Waals surface area contributed by atoms with Crippen molar-refractivity contribution in [1.82, 2.24) is 0 Å². The van der Waals surface area contributed by atoms with Crippen LogP contribution in [0.1, 0.15) is 12.8 Å². The van der Waals surface area contributed by atoms with Crippen molar-refractivity contribution in [3.05, 3.63) is 0 Å². The monoisotopic (exact) mass is 148 g/mol. The van der Waals surface area contributed by atoms with Crippen LogP contribution in [0.5, 0.6) is 0 Å². The van der Waals surface area contributed by atoms with Crippen LogP contribution in [0.15, 0.2) is 0 Å². The number of ether oxygens (including phenoxy) is 2. The normalized spacial score (nSPS) is 24.1. The fraction of sp³-hybridized carbons (Fsp3) is 0.833. The van der Waals surface area contributed by atoms with Crippen molar-refractivity contribution in [3.8, 4) is 0 Å². The first kappa shape index (κ1) is 7.31. The molecule has 0 bridgehead atoms. The van der Waals surface area contributed by atoms with E-state index in [0.29, 0.717) is 12.8 Å². The van der Waals surface area contributed by atoms with Crippen LogP contribution >= 0.6 is 0 Å². The van der Waals surface area contributed by atoms with Gasteiger partial charge in [0.05, 0.1) is 6.67 Å². The van der Waals surface area contributed by atoms with E-state index in [2.05, 4.69) is 9.47 Å². The van der Waals surface area contributed by atoms with E-state index < -0.39 is 6.16 Å². The lowest BCUT2D eigenvalue weighted by atomic mass is 10.2. The van der Waals surface area contributed by atoms with Crippen molar-refractivity contribution in [2.45, 2.75) is 18.9 Å². The molecule has 1 heterocycles. The smallest absolute Gasteiger partial charge is 0.430 e.